The van der Waals surface area contributed by atoms with E-state index in [4.69, 9.17) is 4.74 Å². The normalized spacial score (nSPS) is 17.4. The van der Waals surface area contributed by atoms with Crippen LogP contribution < -0.4 is 10.6 Å². The van der Waals surface area contributed by atoms with Crippen molar-refractivity contribution in [3.63, 3.8) is 0 Å². The largest absolute Gasteiger partial charge is 0.376 e. The van der Waals surface area contributed by atoms with Gasteiger partial charge in [-0.1, -0.05) is 37.3 Å². The van der Waals surface area contributed by atoms with Crippen LogP contribution in [-0.4, -0.2) is 57.7 Å². The van der Waals surface area contributed by atoms with Crippen molar-refractivity contribution in [1.82, 2.24) is 15.5 Å². The molecule has 2 atom stereocenters. The lowest BCUT2D eigenvalue weighted by Gasteiger charge is -2.25. The standard InChI is InChI=1S/C20H34N4O/c1-16(14-25-15-17-8-6-5-7-9-17)12-22-20(21-2)23-13-19(24(3)4)18-10-11-18/h5-9,16,18-19H,10-15H2,1-4H3,(H2,21,22,23). The highest BCUT2D eigenvalue weighted by molar-refractivity contribution is 5.79. The molecule has 5 nitrogen and oxygen atoms in total. The molecule has 2 unspecified atom stereocenters. The number of rotatable bonds is 10. The number of aliphatic imine (C=N–C) groups is 1. The molecule has 25 heavy (non-hydrogen) atoms. The van der Waals surface area contributed by atoms with Crippen molar-refractivity contribution in [2.24, 2.45) is 16.8 Å². The van der Waals surface area contributed by atoms with Crippen molar-refractivity contribution in [2.45, 2.75) is 32.4 Å². The van der Waals surface area contributed by atoms with E-state index in [2.05, 4.69) is 53.7 Å². The van der Waals surface area contributed by atoms with Crippen LogP contribution in [0.1, 0.15) is 25.3 Å². The first-order chi connectivity index (χ1) is 12.1. The molecule has 0 heterocycles. The minimum Gasteiger partial charge on any atom is -0.376 e. The highest BCUT2D eigenvalue weighted by atomic mass is 16.5. The quantitative estimate of drug-likeness (QED) is 0.504. The summed E-state index contributed by atoms with van der Waals surface area (Å²) < 4.78 is 5.81. The third-order valence-corrected chi connectivity index (χ3v) is 4.66. The van der Waals surface area contributed by atoms with Crippen LogP contribution in [0.5, 0.6) is 0 Å². The Kier molecular flexibility index (Phi) is 8.22. The average Bonchev–Trinajstić information content (AvgIpc) is 3.43. The minimum absolute atomic E-state index is 0.426. The number of hydrogen-bond donors (Lipinski definition) is 2. The maximum atomic E-state index is 5.81. The van der Waals surface area contributed by atoms with Crippen LogP contribution in [0.4, 0.5) is 0 Å². The lowest BCUT2D eigenvalue weighted by Crippen LogP contribution is -2.47. The molecular formula is C20H34N4O. The minimum atomic E-state index is 0.426. The Labute approximate surface area is 152 Å². The van der Waals surface area contributed by atoms with Gasteiger partial charge in [0.1, 0.15) is 0 Å². The van der Waals surface area contributed by atoms with E-state index in [0.29, 0.717) is 18.6 Å². The van der Waals surface area contributed by atoms with Gasteiger partial charge in [-0.25, -0.2) is 0 Å². The molecular weight excluding hydrogens is 312 g/mol. The van der Waals surface area contributed by atoms with Crippen molar-refractivity contribution in [2.75, 3.05) is 40.8 Å². The summed E-state index contributed by atoms with van der Waals surface area (Å²) in [6.45, 7) is 5.39. The molecule has 5 heteroatoms. The van der Waals surface area contributed by atoms with Crippen LogP contribution in [0.2, 0.25) is 0 Å². The highest BCUT2D eigenvalue weighted by Gasteiger charge is 2.32. The van der Waals surface area contributed by atoms with Gasteiger partial charge in [0, 0.05) is 26.2 Å². The molecule has 140 valence electrons. The summed E-state index contributed by atoms with van der Waals surface area (Å²) in [5.74, 6) is 2.14. The van der Waals surface area contributed by atoms with Crippen molar-refractivity contribution < 1.29 is 4.74 Å². The molecule has 1 aromatic carbocycles. The van der Waals surface area contributed by atoms with Gasteiger partial charge in [-0.05, 0) is 44.3 Å². The molecule has 2 rings (SSSR count). The van der Waals surface area contributed by atoms with E-state index in [1.807, 2.05) is 25.2 Å². The van der Waals surface area contributed by atoms with Crippen LogP contribution in [0.25, 0.3) is 0 Å². The molecule has 1 aliphatic carbocycles. The first-order valence-electron chi connectivity index (χ1n) is 9.32. The topological polar surface area (TPSA) is 48.9 Å². The highest BCUT2D eigenvalue weighted by Crippen LogP contribution is 2.34. The van der Waals surface area contributed by atoms with Crippen molar-refractivity contribution in [3.8, 4) is 0 Å². The summed E-state index contributed by atoms with van der Waals surface area (Å²) in [7, 11) is 6.15. The Bertz CT molecular complexity index is 512. The molecule has 0 aromatic heterocycles. The van der Waals surface area contributed by atoms with E-state index in [1.54, 1.807) is 0 Å². The SMILES string of the molecule is CN=C(NCC(C)COCc1ccccc1)NCC(C1CC1)N(C)C. The van der Waals surface area contributed by atoms with Gasteiger partial charge in [0.05, 0.1) is 13.2 Å². The third-order valence-electron chi connectivity index (χ3n) is 4.66. The molecule has 0 aliphatic heterocycles. The Morgan fingerprint density at radius 1 is 1.20 bits per heavy atom. The summed E-state index contributed by atoms with van der Waals surface area (Å²) in [5.41, 5.74) is 1.22. The predicted octanol–water partition coefficient (Wildman–Crippen LogP) is 2.34. The van der Waals surface area contributed by atoms with Gasteiger partial charge in [-0.3, -0.25) is 4.99 Å². The molecule has 1 aliphatic rings. The van der Waals surface area contributed by atoms with E-state index in [0.717, 1.165) is 31.6 Å². The van der Waals surface area contributed by atoms with Crippen LogP contribution in [0.3, 0.4) is 0 Å². The van der Waals surface area contributed by atoms with Crippen LogP contribution in [0, 0.1) is 11.8 Å². The molecule has 0 radical (unpaired) electrons. The summed E-state index contributed by atoms with van der Waals surface area (Å²) in [5, 5.41) is 6.88. The lowest BCUT2D eigenvalue weighted by atomic mass is 10.1. The first kappa shape index (κ1) is 19.7. The van der Waals surface area contributed by atoms with E-state index in [-0.39, 0.29) is 0 Å². The number of nitrogens with one attached hydrogen (secondary N) is 2. The summed E-state index contributed by atoms with van der Waals surface area (Å²) in [4.78, 5) is 6.65. The molecule has 2 N–H and O–H groups in total. The van der Waals surface area contributed by atoms with Crippen molar-refractivity contribution >= 4 is 5.96 Å². The van der Waals surface area contributed by atoms with E-state index < -0.39 is 0 Å². The van der Waals surface area contributed by atoms with Crippen LogP contribution in [0.15, 0.2) is 35.3 Å². The number of nitrogens with zero attached hydrogens (tertiary/aromatic N) is 2. The van der Waals surface area contributed by atoms with Crippen molar-refractivity contribution in [1.29, 1.82) is 0 Å². The zero-order chi connectivity index (χ0) is 18.1. The maximum Gasteiger partial charge on any atom is 0.191 e. The van der Waals surface area contributed by atoms with Gasteiger partial charge in [0.2, 0.25) is 0 Å². The Morgan fingerprint density at radius 3 is 2.48 bits per heavy atom. The van der Waals surface area contributed by atoms with Gasteiger partial charge < -0.3 is 20.3 Å². The second-order valence-corrected chi connectivity index (χ2v) is 7.31. The summed E-state index contributed by atoms with van der Waals surface area (Å²) in [6, 6.07) is 10.9. The van der Waals surface area contributed by atoms with Gasteiger partial charge >= 0.3 is 0 Å². The fraction of sp³-hybridized carbons (Fsp3) is 0.650. The molecule has 0 amide bonds. The zero-order valence-electron chi connectivity index (χ0n) is 16.2. The first-order valence-corrected chi connectivity index (χ1v) is 9.32. The molecule has 1 aromatic rings. The smallest absolute Gasteiger partial charge is 0.191 e. The van der Waals surface area contributed by atoms with E-state index in [1.165, 1.54) is 18.4 Å². The monoisotopic (exact) mass is 346 g/mol. The number of guanidine groups is 1. The number of likely N-dealkylation sites (N-methyl/N-ethyl adjacent to an activating group) is 1. The van der Waals surface area contributed by atoms with Gasteiger partial charge in [-0.2, -0.15) is 0 Å². The summed E-state index contributed by atoms with van der Waals surface area (Å²) >= 11 is 0. The Morgan fingerprint density at radius 2 is 1.88 bits per heavy atom. The molecule has 0 bridgehead atoms. The second-order valence-electron chi connectivity index (χ2n) is 7.31. The zero-order valence-corrected chi connectivity index (χ0v) is 16.2. The summed E-state index contributed by atoms with van der Waals surface area (Å²) in [6.07, 6.45) is 2.71. The fourth-order valence-corrected chi connectivity index (χ4v) is 2.96. The Hall–Kier alpha value is -1.59. The maximum absolute atomic E-state index is 5.81. The van der Waals surface area contributed by atoms with E-state index >= 15 is 0 Å². The number of hydrogen-bond acceptors (Lipinski definition) is 3. The van der Waals surface area contributed by atoms with Gasteiger partial charge in [-0.15, -0.1) is 0 Å². The number of benzene rings is 1. The van der Waals surface area contributed by atoms with Gasteiger partial charge in [0.25, 0.3) is 0 Å². The Balaban J connectivity index is 1.62. The van der Waals surface area contributed by atoms with E-state index in [9.17, 15) is 0 Å². The third kappa shape index (κ3) is 7.45. The lowest BCUT2D eigenvalue weighted by molar-refractivity contribution is 0.0931. The molecule has 1 saturated carbocycles. The van der Waals surface area contributed by atoms with Crippen LogP contribution in [-0.2, 0) is 11.3 Å². The van der Waals surface area contributed by atoms with Crippen LogP contribution >= 0.6 is 0 Å². The molecule has 0 saturated heterocycles. The average molecular weight is 347 g/mol. The second kappa shape index (κ2) is 10.4. The van der Waals surface area contributed by atoms with Gasteiger partial charge in [0.15, 0.2) is 5.96 Å². The number of ether oxygens (including phenoxy) is 1. The molecule has 1 fully saturated rings. The molecule has 0 spiro atoms. The fourth-order valence-electron chi connectivity index (χ4n) is 2.96. The predicted molar refractivity (Wildman–Crippen MR) is 105 cm³/mol. The van der Waals surface area contributed by atoms with Crippen molar-refractivity contribution in [3.05, 3.63) is 35.9 Å².